The predicted molar refractivity (Wildman–Crippen MR) is 133 cm³/mol. The normalized spacial score (nSPS) is 15.2. The van der Waals surface area contributed by atoms with E-state index in [4.69, 9.17) is 4.74 Å². The summed E-state index contributed by atoms with van der Waals surface area (Å²) in [7, 11) is -3.64. The van der Waals surface area contributed by atoms with Gasteiger partial charge in [0, 0.05) is 30.7 Å². The minimum absolute atomic E-state index is 0.0150. The molecule has 182 valence electrons. The summed E-state index contributed by atoms with van der Waals surface area (Å²) in [6, 6.07) is 9.99. The van der Waals surface area contributed by atoms with Crippen LogP contribution in [0.1, 0.15) is 26.7 Å². The molecule has 4 rings (SSSR count). The zero-order valence-electron chi connectivity index (χ0n) is 18.9. The number of piperidine rings is 1. The fourth-order valence-electron chi connectivity index (χ4n) is 4.14. The maximum absolute atomic E-state index is 12.9. The lowest BCUT2D eigenvalue weighted by molar-refractivity contribution is -0.137. The van der Waals surface area contributed by atoms with Crippen LogP contribution in [0.15, 0.2) is 52.1 Å². The zero-order chi connectivity index (χ0) is 24.5. The van der Waals surface area contributed by atoms with E-state index in [2.05, 4.69) is 30.5 Å². The van der Waals surface area contributed by atoms with Gasteiger partial charge in [-0.15, -0.1) is 0 Å². The molecule has 2 N–H and O–H groups in total. The molecule has 0 spiro atoms. The maximum atomic E-state index is 12.9. The van der Waals surface area contributed by atoms with Crippen LogP contribution in [0.3, 0.4) is 0 Å². The summed E-state index contributed by atoms with van der Waals surface area (Å²) in [5, 5.41) is 10.1. The standard InChI is InChI=1S/C23H27BrN4O5S/c1-15(2)33-17-3-5-18(6-4-17)34(31,32)26-16-9-11-27(12-10-16)20-13-28(14-22(29)30)23-19(20)7-8-21(24)25-23/h3-8,13,15-16,26H,9-12,14H2,1-2H3,(H,29,30). The summed E-state index contributed by atoms with van der Waals surface area (Å²) in [5.74, 6) is -0.312. The van der Waals surface area contributed by atoms with Crippen molar-refractivity contribution >= 4 is 48.6 Å². The number of fused-ring (bicyclic) bond motifs is 1. The van der Waals surface area contributed by atoms with Crippen molar-refractivity contribution in [2.45, 2.75) is 50.3 Å². The van der Waals surface area contributed by atoms with Gasteiger partial charge in [0.1, 0.15) is 22.5 Å². The van der Waals surface area contributed by atoms with Crippen molar-refractivity contribution in [1.82, 2.24) is 14.3 Å². The number of hydrogen-bond donors (Lipinski definition) is 2. The van der Waals surface area contributed by atoms with Crippen LogP contribution < -0.4 is 14.4 Å². The number of sulfonamides is 1. The Morgan fingerprint density at radius 3 is 2.50 bits per heavy atom. The highest BCUT2D eigenvalue weighted by atomic mass is 79.9. The fourth-order valence-corrected chi connectivity index (χ4v) is 5.74. The fraction of sp³-hybridized carbons (Fsp3) is 0.391. The van der Waals surface area contributed by atoms with Crippen molar-refractivity contribution in [2.24, 2.45) is 0 Å². The Kier molecular flexibility index (Phi) is 7.15. The van der Waals surface area contributed by atoms with Gasteiger partial charge >= 0.3 is 5.97 Å². The molecule has 9 nitrogen and oxygen atoms in total. The molecule has 0 amide bonds. The van der Waals surface area contributed by atoms with E-state index in [-0.39, 0.29) is 23.6 Å². The summed E-state index contributed by atoms with van der Waals surface area (Å²) < 4.78 is 36.4. The molecule has 1 fully saturated rings. The molecular weight excluding hydrogens is 524 g/mol. The summed E-state index contributed by atoms with van der Waals surface area (Å²) in [6.45, 7) is 4.92. The molecule has 2 aromatic heterocycles. The summed E-state index contributed by atoms with van der Waals surface area (Å²) in [6.07, 6.45) is 3.08. The molecule has 1 aliphatic rings. The van der Waals surface area contributed by atoms with Crippen LogP contribution in [0.4, 0.5) is 5.69 Å². The number of aromatic nitrogens is 2. The highest BCUT2D eigenvalue weighted by molar-refractivity contribution is 9.10. The Labute approximate surface area is 206 Å². The highest BCUT2D eigenvalue weighted by Crippen LogP contribution is 2.31. The van der Waals surface area contributed by atoms with Crippen molar-refractivity contribution in [3.8, 4) is 5.75 Å². The first-order chi connectivity index (χ1) is 16.1. The van der Waals surface area contributed by atoms with Crippen molar-refractivity contribution in [1.29, 1.82) is 0 Å². The molecule has 3 heterocycles. The van der Waals surface area contributed by atoms with E-state index in [1.54, 1.807) is 28.8 Å². The monoisotopic (exact) mass is 550 g/mol. The molecule has 0 bridgehead atoms. The first-order valence-electron chi connectivity index (χ1n) is 11.0. The van der Waals surface area contributed by atoms with Gasteiger partial charge in [-0.05, 0) is 79.0 Å². The largest absolute Gasteiger partial charge is 0.491 e. The SMILES string of the molecule is CC(C)Oc1ccc(S(=O)(=O)NC2CCN(c3cn(CC(=O)O)c4nc(Br)ccc34)CC2)cc1. The number of nitrogens with one attached hydrogen (secondary N) is 1. The van der Waals surface area contributed by atoms with Gasteiger partial charge in [-0.1, -0.05) is 0 Å². The molecule has 0 unspecified atom stereocenters. The number of ether oxygens (including phenoxy) is 1. The summed E-state index contributed by atoms with van der Waals surface area (Å²) >= 11 is 3.35. The third-order valence-electron chi connectivity index (χ3n) is 5.64. The van der Waals surface area contributed by atoms with Gasteiger partial charge in [0.25, 0.3) is 0 Å². The van der Waals surface area contributed by atoms with Gasteiger partial charge in [0.15, 0.2) is 0 Å². The van der Waals surface area contributed by atoms with E-state index in [1.165, 1.54) is 0 Å². The number of carboxylic acid groups (broad SMARTS) is 1. The average Bonchev–Trinajstić information content (AvgIpc) is 3.11. The first-order valence-corrected chi connectivity index (χ1v) is 13.3. The number of halogens is 1. The lowest BCUT2D eigenvalue weighted by Gasteiger charge is -2.33. The van der Waals surface area contributed by atoms with E-state index in [0.29, 0.717) is 41.9 Å². The van der Waals surface area contributed by atoms with Crippen molar-refractivity contribution in [3.63, 3.8) is 0 Å². The molecule has 1 saturated heterocycles. The van der Waals surface area contributed by atoms with E-state index >= 15 is 0 Å². The Bertz CT molecular complexity index is 1280. The van der Waals surface area contributed by atoms with Gasteiger partial charge in [-0.3, -0.25) is 4.79 Å². The number of aliphatic carboxylic acids is 1. The first kappa shape index (κ1) is 24.5. The smallest absolute Gasteiger partial charge is 0.323 e. The Balaban J connectivity index is 1.44. The van der Waals surface area contributed by atoms with Crippen LogP contribution in [0, 0.1) is 0 Å². The number of carbonyl (C=O) groups is 1. The molecule has 3 aromatic rings. The molecule has 34 heavy (non-hydrogen) atoms. The van der Waals surface area contributed by atoms with Crippen LogP contribution in [-0.4, -0.2) is 54.3 Å². The number of carboxylic acids is 1. The molecule has 0 saturated carbocycles. The topological polar surface area (TPSA) is 114 Å². The van der Waals surface area contributed by atoms with Crippen molar-refractivity contribution < 1.29 is 23.1 Å². The lowest BCUT2D eigenvalue weighted by Crippen LogP contribution is -2.44. The minimum atomic E-state index is -3.64. The van der Waals surface area contributed by atoms with Crippen molar-refractivity contribution in [2.75, 3.05) is 18.0 Å². The Hall–Kier alpha value is -2.63. The minimum Gasteiger partial charge on any atom is -0.491 e. The number of anilines is 1. The van der Waals surface area contributed by atoms with Gasteiger partial charge in [-0.2, -0.15) is 0 Å². The van der Waals surface area contributed by atoms with Gasteiger partial charge in [0.2, 0.25) is 10.0 Å². The molecule has 0 atom stereocenters. The van der Waals surface area contributed by atoms with Gasteiger partial charge in [-0.25, -0.2) is 18.1 Å². The Morgan fingerprint density at radius 2 is 1.88 bits per heavy atom. The second-order valence-corrected chi connectivity index (χ2v) is 11.1. The molecule has 0 radical (unpaired) electrons. The second-order valence-electron chi connectivity index (χ2n) is 8.56. The third-order valence-corrected chi connectivity index (χ3v) is 7.61. The predicted octanol–water partition coefficient (Wildman–Crippen LogP) is 3.62. The van der Waals surface area contributed by atoms with Crippen LogP contribution >= 0.6 is 15.9 Å². The Morgan fingerprint density at radius 1 is 1.21 bits per heavy atom. The number of hydrogen-bond acceptors (Lipinski definition) is 6. The summed E-state index contributed by atoms with van der Waals surface area (Å²) in [4.78, 5) is 18.1. The average molecular weight is 551 g/mol. The van der Waals surface area contributed by atoms with E-state index < -0.39 is 16.0 Å². The third kappa shape index (κ3) is 5.53. The van der Waals surface area contributed by atoms with Gasteiger partial charge in [0.05, 0.1) is 16.7 Å². The molecule has 1 aromatic carbocycles. The van der Waals surface area contributed by atoms with Crippen LogP contribution in [0.2, 0.25) is 0 Å². The second kappa shape index (κ2) is 9.93. The molecule has 0 aliphatic carbocycles. The number of nitrogens with zero attached hydrogens (tertiary/aromatic N) is 3. The lowest BCUT2D eigenvalue weighted by atomic mass is 10.1. The number of benzene rings is 1. The van der Waals surface area contributed by atoms with Crippen LogP contribution in [-0.2, 0) is 21.4 Å². The maximum Gasteiger partial charge on any atom is 0.323 e. The zero-order valence-corrected chi connectivity index (χ0v) is 21.3. The quantitative estimate of drug-likeness (QED) is 0.411. The van der Waals surface area contributed by atoms with Crippen LogP contribution in [0.25, 0.3) is 11.0 Å². The van der Waals surface area contributed by atoms with Crippen LogP contribution in [0.5, 0.6) is 5.75 Å². The van der Waals surface area contributed by atoms with Gasteiger partial charge < -0.3 is 19.3 Å². The molecule has 11 heteroatoms. The van der Waals surface area contributed by atoms with E-state index in [1.807, 2.05) is 32.2 Å². The number of pyridine rings is 1. The molecule has 1 aliphatic heterocycles. The highest BCUT2D eigenvalue weighted by Gasteiger charge is 2.27. The summed E-state index contributed by atoms with van der Waals surface area (Å²) in [5.41, 5.74) is 1.50. The number of rotatable bonds is 8. The molecular formula is C23H27BrN4O5S. The van der Waals surface area contributed by atoms with E-state index in [0.717, 1.165) is 11.1 Å². The van der Waals surface area contributed by atoms with E-state index in [9.17, 15) is 18.3 Å². The van der Waals surface area contributed by atoms with Crippen molar-refractivity contribution in [3.05, 3.63) is 47.2 Å².